The van der Waals surface area contributed by atoms with Crippen molar-refractivity contribution in [3.05, 3.63) is 35.4 Å². The molecule has 1 aliphatic heterocycles. The summed E-state index contributed by atoms with van der Waals surface area (Å²) in [6.07, 6.45) is 5.77. The van der Waals surface area contributed by atoms with Crippen LogP contribution in [0.1, 0.15) is 43.2 Å². The average Bonchev–Trinajstić information content (AvgIpc) is 2.68. The summed E-state index contributed by atoms with van der Waals surface area (Å²) in [6, 6.07) is 8.21. The normalized spacial score (nSPS) is 19.3. The molecule has 2 aliphatic rings. The average molecular weight is 357 g/mol. The fourth-order valence-corrected chi connectivity index (χ4v) is 3.90. The van der Waals surface area contributed by atoms with Gasteiger partial charge in [-0.1, -0.05) is 49.1 Å². The molecular formula is C21H31N3O2. The van der Waals surface area contributed by atoms with Gasteiger partial charge in [-0.05, 0) is 25.3 Å². The summed E-state index contributed by atoms with van der Waals surface area (Å²) < 4.78 is 0. The lowest BCUT2D eigenvalue weighted by molar-refractivity contribution is -0.138. The first kappa shape index (κ1) is 18.9. The van der Waals surface area contributed by atoms with Gasteiger partial charge in [-0.25, -0.2) is 0 Å². The first-order chi connectivity index (χ1) is 12.6. The van der Waals surface area contributed by atoms with Crippen LogP contribution in [0.2, 0.25) is 0 Å². The molecule has 1 saturated carbocycles. The Morgan fingerprint density at radius 1 is 1.00 bits per heavy atom. The summed E-state index contributed by atoms with van der Waals surface area (Å²) >= 11 is 0. The van der Waals surface area contributed by atoms with Crippen LogP contribution >= 0.6 is 0 Å². The van der Waals surface area contributed by atoms with Crippen LogP contribution in [0.15, 0.2) is 24.3 Å². The maximum atomic E-state index is 12.6. The molecule has 0 spiro atoms. The summed E-state index contributed by atoms with van der Waals surface area (Å²) in [7, 11) is 0. The molecule has 3 rings (SSSR count). The Labute approximate surface area is 156 Å². The van der Waals surface area contributed by atoms with Crippen molar-refractivity contribution in [1.82, 2.24) is 15.1 Å². The second kappa shape index (κ2) is 9.17. The van der Waals surface area contributed by atoms with Crippen molar-refractivity contribution >= 4 is 11.8 Å². The van der Waals surface area contributed by atoms with Crippen LogP contribution in [0.4, 0.5) is 0 Å². The SMILES string of the molecule is Cc1ccc(CNC(=O)CN2CCN(C(=O)C3CCCCC3)CC2)cc1. The molecule has 1 aromatic rings. The molecule has 0 unspecified atom stereocenters. The van der Waals surface area contributed by atoms with E-state index in [0.717, 1.165) is 44.6 Å². The maximum absolute atomic E-state index is 12.6. The number of nitrogens with zero attached hydrogens (tertiary/aromatic N) is 2. The molecule has 1 aromatic carbocycles. The third kappa shape index (κ3) is 5.31. The first-order valence-corrected chi connectivity index (χ1v) is 9.95. The van der Waals surface area contributed by atoms with Gasteiger partial charge in [0.05, 0.1) is 6.54 Å². The number of hydrogen-bond donors (Lipinski definition) is 1. The molecule has 1 heterocycles. The van der Waals surface area contributed by atoms with Gasteiger partial charge in [-0.15, -0.1) is 0 Å². The number of carbonyl (C=O) groups is 2. The lowest BCUT2D eigenvalue weighted by atomic mass is 9.88. The van der Waals surface area contributed by atoms with Gasteiger partial charge in [0.1, 0.15) is 0 Å². The molecule has 0 atom stereocenters. The van der Waals surface area contributed by atoms with E-state index in [2.05, 4.69) is 29.3 Å². The molecule has 0 aromatic heterocycles. The highest BCUT2D eigenvalue weighted by molar-refractivity contribution is 5.79. The predicted octanol–water partition coefficient (Wildman–Crippen LogP) is 2.34. The Hall–Kier alpha value is -1.88. The molecule has 0 radical (unpaired) electrons. The number of carbonyl (C=O) groups excluding carboxylic acids is 2. The topological polar surface area (TPSA) is 52.7 Å². The van der Waals surface area contributed by atoms with Gasteiger partial charge >= 0.3 is 0 Å². The van der Waals surface area contributed by atoms with Crippen molar-refractivity contribution in [2.45, 2.75) is 45.6 Å². The number of rotatable bonds is 5. The van der Waals surface area contributed by atoms with E-state index in [4.69, 9.17) is 0 Å². The Morgan fingerprint density at radius 3 is 2.31 bits per heavy atom. The van der Waals surface area contributed by atoms with E-state index < -0.39 is 0 Å². The number of piperazine rings is 1. The van der Waals surface area contributed by atoms with Gasteiger partial charge in [0.15, 0.2) is 0 Å². The molecule has 26 heavy (non-hydrogen) atoms. The quantitative estimate of drug-likeness (QED) is 0.880. The highest BCUT2D eigenvalue weighted by Gasteiger charge is 2.28. The van der Waals surface area contributed by atoms with Crippen LogP contribution in [0.25, 0.3) is 0 Å². The minimum atomic E-state index is 0.0534. The number of benzene rings is 1. The minimum absolute atomic E-state index is 0.0534. The standard InChI is InChI=1S/C21H31N3O2/c1-17-7-9-18(10-8-17)15-22-20(25)16-23-11-13-24(14-12-23)21(26)19-5-3-2-4-6-19/h7-10,19H,2-6,11-16H2,1H3,(H,22,25). The van der Waals surface area contributed by atoms with Crippen molar-refractivity contribution < 1.29 is 9.59 Å². The zero-order valence-electron chi connectivity index (χ0n) is 15.9. The van der Waals surface area contributed by atoms with E-state index in [1.165, 1.54) is 24.8 Å². The lowest BCUT2D eigenvalue weighted by Gasteiger charge is -2.36. The molecule has 5 heteroatoms. The molecule has 142 valence electrons. The second-order valence-corrected chi connectivity index (χ2v) is 7.70. The van der Waals surface area contributed by atoms with Crippen molar-refractivity contribution in [2.24, 2.45) is 5.92 Å². The van der Waals surface area contributed by atoms with Gasteiger partial charge in [0.25, 0.3) is 0 Å². The first-order valence-electron chi connectivity index (χ1n) is 9.95. The maximum Gasteiger partial charge on any atom is 0.234 e. The zero-order chi connectivity index (χ0) is 18.4. The monoisotopic (exact) mass is 357 g/mol. The highest BCUT2D eigenvalue weighted by atomic mass is 16.2. The summed E-state index contributed by atoms with van der Waals surface area (Å²) in [5.41, 5.74) is 2.34. The molecule has 1 saturated heterocycles. The summed E-state index contributed by atoms with van der Waals surface area (Å²) in [5.74, 6) is 0.638. The van der Waals surface area contributed by atoms with Crippen LogP contribution < -0.4 is 5.32 Å². The number of nitrogens with one attached hydrogen (secondary N) is 1. The van der Waals surface area contributed by atoms with E-state index in [1.807, 2.05) is 17.0 Å². The van der Waals surface area contributed by atoms with Crippen LogP contribution in [-0.2, 0) is 16.1 Å². The fourth-order valence-electron chi connectivity index (χ4n) is 3.90. The smallest absolute Gasteiger partial charge is 0.234 e. The Bertz CT molecular complexity index is 600. The molecule has 1 aliphatic carbocycles. The van der Waals surface area contributed by atoms with E-state index >= 15 is 0 Å². The Kier molecular flexibility index (Phi) is 6.67. The molecule has 2 fully saturated rings. The van der Waals surface area contributed by atoms with Crippen LogP contribution in [-0.4, -0.2) is 54.3 Å². The van der Waals surface area contributed by atoms with Crippen molar-refractivity contribution in [3.63, 3.8) is 0 Å². The van der Waals surface area contributed by atoms with Crippen molar-refractivity contribution in [3.8, 4) is 0 Å². The van der Waals surface area contributed by atoms with Gasteiger partial charge in [-0.2, -0.15) is 0 Å². The highest BCUT2D eigenvalue weighted by Crippen LogP contribution is 2.25. The van der Waals surface area contributed by atoms with E-state index in [1.54, 1.807) is 0 Å². The Morgan fingerprint density at radius 2 is 1.65 bits per heavy atom. The number of amides is 2. The van der Waals surface area contributed by atoms with E-state index in [-0.39, 0.29) is 11.8 Å². The number of hydrogen-bond acceptors (Lipinski definition) is 3. The molecule has 1 N–H and O–H groups in total. The largest absolute Gasteiger partial charge is 0.351 e. The lowest BCUT2D eigenvalue weighted by Crippen LogP contribution is -2.52. The molecule has 2 amide bonds. The summed E-state index contributed by atoms with van der Waals surface area (Å²) in [4.78, 5) is 28.9. The van der Waals surface area contributed by atoms with Crippen LogP contribution in [0.5, 0.6) is 0 Å². The third-order valence-corrected chi connectivity index (χ3v) is 5.62. The van der Waals surface area contributed by atoms with Gasteiger partial charge < -0.3 is 10.2 Å². The van der Waals surface area contributed by atoms with E-state index in [0.29, 0.717) is 19.0 Å². The Balaban J connectivity index is 1.37. The van der Waals surface area contributed by atoms with Gasteiger partial charge in [-0.3, -0.25) is 14.5 Å². The van der Waals surface area contributed by atoms with Crippen molar-refractivity contribution in [2.75, 3.05) is 32.7 Å². The minimum Gasteiger partial charge on any atom is -0.351 e. The molecular weight excluding hydrogens is 326 g/mol. The molecule has 5 nitrogen and oxygen atoms in total. The van der Waals surface area contributed by atoms with E-state index in [9.17, 15) is 9.59 Å². The molecule has 0 bridgehead atoms. The predicted molar refractivity (Wildman–Crippen MR) is 103 cm³/mol. The fraction of sp³-hybridized carbons (Fsp3) is 0.619. The van der Waals surface area contributed by atoms with Crippen LogP contribution in [0, 0.1) is 12.8 Å². The number of aryl methyl sites for hydroxylation is 1. The van der Waals surface area contributed by atoms with Crippen LogP contribution in [0.3, 0.4) is 0 Å². The zero-order valence-corrected chi connectivity index (χ0v) is 15.9. The van der Waals surface area contributed by atoms with Gasteiger partial charge in [0.2, 0.25) is 11.8 Å². The van der Waals surface area contributed by atoms with Crippen molar-refractivity contribution in [1.29, 1.82) is 0 Å². The summed E-state index contributed by atoms with van der Waals surface area (Å²) in [5, 5.41) is 2.99. The summed E-state index contributed by atoms with van der Waals surface area (Å²) in [6.45, 7) is 6.12. The van der Waals surface area contributed by atoms with Gasteiger partial charge in [0, 0.05) is 38.6 Å². The third-order valence-electron chi connectivity index (χ3n) is 5.62. The second-order valence-electron chi connectivity index (χ2n) is 7.70.